The van der Waals surface area contributed by atoms with Crippen molar-refractivity contribution in [3.8, 4) is 16.9 Å². The van der Waals surface area contributed by atoms with E-state index in [1.54, 1.807) is 18.2 Å². The molecule has 5 heteroatoms. The maximum Gasteiger partial charge on any atom is 0.254 e. The third kappa shape index (κ3) is 2.92. The Kier molecular flexibility index (Phi) is 4.03. The van der Waals surface area contributed by atoms with E-state index >= 15 is 0 Å². The Balaban J connectivity index is 1.88. The largest absolute Gasteiger partial charge is 0.507 e. The zero-order valence-corrected chi connectivity index (χ0v) is 12.5. The van der Waals surface area contributed by atoms with Gasteiger partial charge in [0.05, 0.1) is 5.56 Å². The lowest BCUT2D eigenvalue weighted by Crippen LogP contribution is -2.39. The van der Waals surface area contributed by atoms with Crippen LogP contribution in [0.25, 0.3) is 11.1 Å². The highest BCUT2D eigenvalue weighted by Gasteiger charge is 2.22. The molecular formula is C17H15ClFNO2. The van der Waals surface area contributed by atoms with Crippen molar-refractivity contribution in [2.24, 2.45) is 0 Å². The Morgan fingerprint density at radius 1 is 1.23 bits per heavy atom. The van der Waals surface area contributed by atoms with Gasteiger partial charge < -0.3 is 10.4 Å². The first-order valence-corrected chi connectivity index (χ1v) is 7.51. The van der Waals surface area contributed by atoms with Gasteiger partial charge in [0.2, 0.25) is 0 Å². The average molecular weight is 320 g/mol. The number of carbonyl (C=O) groups is 1. The lowest BCUT2D eigenvalue weighted by Gasteiger charge is -2.26. The number of hydrogen-bond acceptors (Lipinski definition) is 2. The van der Waals surface area contributed by atoms with Gasteiger partial charge in [0.25, 0.3) is 5.91 Å². The summed E-state index contributed by atoms with van der Waals surface area (Å²) in [7, 11) is 0. The van der Waals surface area contributed by atoms with Crippen LogP contribution in [0, 0.1) is 5.82 Å². The van der Waals surface area contributed by atoms with Gasteiger partial charge in [-0.05, 0) is 55.2 Å². The standard InChI is InChI=1S/C17H15ClFNO2/c18-11-5-7-16(21)14(9-11)10-4-6-13(15(19)8-10)17(22)20-12-2-1-3-12/h4-9,12,21H,1-3H2,(H,20,22). The van der Waals surface area contributed by atoms with Crippen molar-refractivity contribution in [1.82, 2.24) is 5.32 Å². The highest BCUT2D eigenvalue weighted by Crippen LogP contribution is 2.32. The van der Waals surface area contributed by atoms with Gasteiger partial charge in [-0.1, -0.05) is 17.7 Å². The summed E-state index contributed by atoms with van der Waals surface area (Å²) in [4.78, 5) is 12.0. The molecule has 2 N–H and O–H groups in total. The highest BCUT2D eigenvalue weighted by molar-refractivity contribution is 6.31. The number of nitrogens with one attached hydrogen (secondary N) is 1. The maximum atomic E-state index is 14.2. The van der Waals surface area contributed by atoms with Crippen LogP contribution < -0.4 is 5.32 Å². The molecule has 2 aromatic rings. The fourth-order valence-electron chi connectivity index (χ4n) is 2.42. The van der Waals surface area contributed by atoms with Gasteiger partial charge in [-0.3, -0.25) is 4.79 Å². The molecule has 0 unspecified atom stereocenters. The number of carbonyl (C=O) groups excluding carboxylic acids is 1. The monoisotopic (exact) mass is 319 g/mol. The van der Waals surface area contributed by atoms with E-state index in [1.165, 1.54) is 18.2 Å². The summed E-state index contributed by atoms with van der Waals surface area (Å²) in [5, 5.41) is 13.1. The second-order valence-electron chi connectivity index (χ2n) is 5.46. The summed E-state index contributed by atoms with van der Waals surface area (Å²) in [5.41, 5.74) is 0.909. The molecule has 0 bridgehead atoms. The predicted molar refractivity (Wildman–Crippen MR) is 83.6 cm³/mol. The van der Waals surface area contributed by atoms with E-state index in [0.29, 0.717) is 16.1 Å². The lowest BCUT2D eigenvalue weighted by atomic mass is 9.93. The molecule has 1 fully saturated rings. The second kappa shape index (κ2) is 5.97. The van der Waals surface area contributed by atoms with E-state index in [1.807, 2.05) is 0 Å². The molecule has 1 aliphatic carbocycles. The minimum Gasteiger partial charge on any atom is -0.507 e. The normalized spacial score (nSPS) is 14.5. The number of hydrogen-bond donors (Lipinski definition) is 2. The summed E-state index contributed by atoms with van der Waals surface area (Å²) in [6.07, 6.45) is 2.99. The van der Waals surface area contributed by atoms with E-state index in [0.717, 1.165) is 19.3 Å². The van der Waals surface area contributed by atoms with Gasteiger partial charge in [0.15, 0.2) is 0 Å². The molecule has 3 rings (SSSR count). The van der Waals surface area contributed by atoms with Crippen LogP contribution in [0.4, 0.5) is 4.39 Å². The molecule has 114 valence electrons. The molecule has 22 heavy (non-hydrogen) atoms. The summed E-state index contributed by atoms with van der Waals surface area (Å²) >= 11 is 5.90. The Hall–Kier alpha value is -2.07. The smallest absolute Gasteiger partial charge is 0.254 e. The van der Waals surface area contributed by atoms with Crippen LogP contribution >= 0.6 is 11.6 Å². The number of rotatable bonds is 3. The summed E-state index contributed by atoms with van der Waals surface area (Å²) in [6, 6.07) is 8.98. The van der Waals surface area contributed by atoms with Crippen LogP contribution in [0.2, 0.25) is 5.02 Å². The molecule has 0 aromatic heterocycles. The molecule has 0 atom stereocenters. The van der Waals surface area contributed by atoms with Gasteiger partial charge >= 0.3 is 0 Å². The number of amides is 1. The highest BCUT2D eigenvalue weighted by atomic mass is 35.5. The van der Waals surface area contributed by atoms with E-state index < -0.39 is 11.7 Å². The van der Waals surface area contributed by atoms with Crippen LogP contribution in [-0.2, 0) is 0 Å². The van der Waals surface area contributed by atoms with Gasteiger partial charge in [-0.15, -0.1) is 0 Å². The predicted octanol–water partition coefficient (Wildman–Crippen LogP) is 4.13. The van der Waals surface area contributed by atoms with Crippen molar-refractivity contribution >= 4 is 17.5 Å². The molecule has 0 spiro atoms. The minimum absolute atomic E-state index is 0.00969. The summed E-state index contributed by atoms with van der Waals surface area (Å²) < 4.78 is 14.2. The Labute approximate surface area is 132 Å². The number of benzene rings is 2. The maximum absolute atomic E-state index is 14.2. The number of phenolic OH excluding ortho intramolecular Hbond substituents is 1. The van der Waals surface area contributed by atoms with Crippen LogP contribution in [0.1, 0.15) is 29.6 Å². The third-order valence-corrected chi connectivity index (χ3v) is 4.16. The van der Waals surface area contributed by atoms with Gasteiger partial charge in [-0.25, -0.2) is 4.39 Å². The van der Waals surface area contributed by atoms with Crippen molar-refractivity contribution in [3.63, 3.8) is 0 Å². The molecule has 0 radical (unpaired) electrons. The molecule has 1 saturated carbocycles. The average Bonchev–Trinajstić information content (AvgIpc) is 2.45. The molecule has 0 heterocycles. The molecule has 0 saturated heterocycles. The van der Waals surface area contributed by atoms with E-state index in [9.17, 15) is 14.3 Å². The van der Waals surface area contributed by atoms with Crippen molar-refractivity contribution in [2.75, 3.05) is 0 Å². The zero-order chi connectivity index (χ0) is 15.7. The number of halogens is 2. The van der Waals surface area contributed by atoms with Crippen molar-refractivity contribution in [2.45, 2.75) is 25.3 Å². The first-order valence-electron chi connectivity index (χ1n) is 7.14. The molecule has 1 amide bonds. The summed E-state index contributed by atoms with van der Waals surface area (Å²) in [6.45, 7) is 0. The van der Waals surface area contributed by atoms with E-state index in [-0.39, 0.29) is 17.4 Å². The van der Waals surface area contributed by atoms with Crippen LogP contribution in [0.5, 0.6) is 5.75 Å². The van der Waals surface area contributed by atoms with E-state index in [4.69, 9.17) is 11.6 Å². The quantitative estimate of drug-likeness (QED) is 0.893. The topological polar surface area (TPSA) is 49.3 Å². The molecule has 2 aromatic carbocycles. The van der Waals surface area contributed by atoms with E-state index in [2.05, 4.69) is 5.32 Å². The molecular weight excluding hydrogens is 305 g/mol. The van der Waals surface area contributed by atoms with Gasteiger partial charge in [0, 0.05) is 16.6 Å². The summed E-state index contributed by atoms with van der Waals surface area (Å²) in [5.74, 6) is -1.01. The third-order valence-electron chi connectivity index (χ3n) is 3.92. The first kappa shape index (κ1) is 14.9. The fraction of sp³-hybridized carbons (Fsp3) is 0.235. The minimum atomic E-state index is -0.617. The van der Waals surface area contributed by atoms with Crippen LogP contribution in [0.3, 0.4) is 0 Å². The number of aromatic hydroxyl groups is 1. The Morgan fingerprint density at radius 2 is 2.00 bits per heavy atom. The second-order valence-corrected chi connectivity index (χ2v) is 5.89. The number of phenols is 1. The van der Waals surface area contributed by atoms with Crippen molar-refractivity contribution < 1.29 is 14.3 Å². The van der Waals surface area contributed by atoms with Crippen LogP contribution in [-0.4, -0.2) is 17.1 Å². The first-order chi connectivity index (χ1) is 10.5. The molecule has 0 aliphatic heterocycles. The van der Waals surface area contributed by atoms with Gasteiger partial charge in [-0.2, -0.15) is 0 Å². The fourth-order valence-corrected chi connectivity index (χ4v) is 2.59. The van der Waals surface area contributed by atoms with Gasteiger partial charge in [0.1, 0.15) is 11.6 Å². The Bertz CT molecular complexity index is 729. The van der Waals surface area contributed by atoms with Crippen molar-refractivity contribution in [1.29, 1.82) is 0 Å². The van der Waals surface area contributed by atoms with Crippen molar-refractivity contribution in [3.05, 3.63) is 52.8 Å². The van der Waals surface area contributed by atoms with Crippen LogP contribution in [0.15, 0.2) is 36.4 Å². The Morgan fingerprint density at radius 3 is 2.64 bits per heavy atom. The zero-order valence-electron chi connectivity index (χ0n) is 11.8. The SMILES string of the molecule is O=C(NC1CCC1)c1ccc(-c2cc(Cl)ccc2O)cc1F. The lowest BCUT2D eigenvalue weighted by molar-refractivity contribution is 0.0913. The molecule has 1 aliphatic rings. The molecule has 3 nitrogen and oxygen atoms in total.